The summed E-state index contributed by atoms with van der Waals surface area (Å²) < 4.78 is 94.2. The van der Waals surface area contributed by atoms with Crippen molar-refractivity contribution in [3.8, 4) is 0 Å². The number of carbonyl (C=O) groups excluding carboxylic acids is 1. The van der Waals surface area contributed by atoms with Crippen LogP contribution in [0, 0.1) is 12.7 Å². The number of aryl methyl sites for hydroxylation is 1. The van der Waals surface area contributed by atoms with E-state index < -0.39 is 47.4 Å². The summed E-state index contributed by atoms with van der Waals surface area (Å²) in [5, 5.41) is 3.56. The Hall–Kier alpha value is -2.53. The van der Waals surface area contributed by atoms with Crippen LogP contribution in [0.1, 0.15) is 72.5 Å². The number of likely N-dealkylation sites (tertiary alicyclic amines) is 1. The van der Waals surface area contributed by atoms with Crippen LogP contribution in [0.25, 0.3) is 0 Å². The average Bonchev–Trinajstić information content (AvgIpc) is 3.65. The summed E-state index contributed by atoms with van der Waals surface area (Å²) in [4.78, 5) is 16.4. The molecule has 4 rings (SSSR count). The van der Waals surface area contributed by atoms with Crippen molar-refractivity contribution in [2.75, 3.05) is 13.6 Å². The van der Waals surface area contributed by atoms with Gasteiger partial charge in [0.1, 0.15) is 5.82 Å². The van der Waals surface area contributed by atoms with Gasteiger partial charge in [0, 0.05) is 25.7 Å². The van der Waals surface area contributed by atoms with Crippen LogP contribution < -0.4 is 5.32 Å². The third-order valence-electron chi connectivity index (χ3n) is 7.46. The highest BCUT2D eigenvalue weighted by atomic mass is 35.5. The van der Waals surface area contributed by atoms with Crippen LogP contribution in [0.4, 0.5) is 35.5 Å². The highest BCUT2D eigenvalue weighted by molar-refractivity contribution is 5.85. The van der Waals surface area contributed by atoms with E-state index in [0.717, 1.165) is 23.3 Å². The van der Waals surface area contributed by atoms with Gasteiger partial charge in [0.05, 0.1) is 23.2 Å². The first kappa shape index (κ1) is 31.0. The van der Waals surface area contributed by atoms with Crippen LogP contribution in [0.15, 0.2) is 36.4 Å². The van der Waals surface area contributed by atoms with Gasteiger partial charge < -0.3 is 15.1 Å². The number of piperidine rings is 1. The number of amides is 2. The quantitative estimate of drug-likeness (QED) is 0.368. The summed E-state index contributed by atoms with van der Waals surface area (Å²) in [6.07, 6.45) is -6.62. The van der Waals surface area contributed by atoms with Gasteiger partial charge >= 0.3 is 18.4 Å². The number of hydrogen-bond acceptors (Lipinski definition) is 2. The van der Waals surface area contributed by atoms with Crippen molar-refractivity contribution < 1.29 is 35.5 Å². The van der Waals surface area contributed by atoms with Gasteiger partial charge in [-0.2, -0.15) is 26.3 Å². The molecule has 1 N–H and O–H groups in total. The number of nitrogens with one attached hydrogen (secondary N) is 1. The van der Waals surface area contributed by atoms with E-state index in [1.807, 2.05) is 0 Å². The Balaban J connectivity index is 0.00000420. The largest absolute Gasteiger partial charge is 0.416 e. The van der Waals surface area contributed by atoms with Crippen molar-refractivity contribution in [3.05, 3.63) is 70.0 Å². The fraction of sp³-hybridized carbons (Fsp3) is 0.519. The van der Waals surface area contributed by atoms with Gasteiger partial charge in [0.2, 0.25) is 0 Å². The number of carbonyl (C=O) groups is 1. The van der Waals surface area contributed by atoms with Gasteiger partial charge in [-0.25, -0.2) is 9.18 Å². The summed E-state index contributed by atoms with van der Waals surface area (Å²) in [6, 6.07) is 4.21. The second kappa shape index (κ2) is 11.5. The number of urea groups is 1. The fourth-order valence-electron chi connectivity index (χ4n) is 5.05. The first-order valence-corrected chi connectivity index (χ1v) is 12.5. The van der Waals surface area contributed by atoms with Gasteiger partial charge in [-0.1, -0.05) is 6.07 Å². The Morgan fingerprint density at radius 1 is 0.974 bits per heavy atom. The Bertz CT molecular complexity index is 1150. The zero-order valence-corrected chi connectivity index (χ0v) is 22.5. The highest BCUT2D eigenvalue weighted by Gasteiger charge is 2.40. The molecule has 1 saturated heterocycles. The van der Waals surface area contributed by atoms with Crippen LogP contribution >= 0.6 is 12.4 Å². The van der Waals surface area contributed by atoms with Crippen LogP contribution in [0.2, 0.25) is 0 Å². The molecule has 1 aliphatic heterocycles. The predicted molar refractivity (Wildman–Crippen MR) is 135 cm³/mol. The Kier molecular flexibility index (Phi) is 9.16. The van der Waals surface area contributed by atoms with Crippen LogP contribution in [-0.4, -0.2) is 41.5 Å². The maximum Gasteiger partial charge on any atom is 0.416 e. The van der Waals surface area contributed by atoms with E-state index in [1.165, 1.54) is 26.1 Å². The normalized spacial score (nSPS) is 20.8. The number of benzene rings is 2. The number of halogens is 8. The molecule has 2 aromatic rings. The Morgan fingerprint density at radius 2 is 1.56 bits per heavy atom. The van der Waals surface area contributed by atoms with Gasteiger partial charge in [-0.15, -0.1) is 12.4 Å². The number of nitrogens with zero attached hydrogens (tertiary/aromatic N) is 2. The number of alkyl halides is 6. The molecular weight excluding hydrogens is 551 g/mol. The SMILES string of the molecule is Cc1cc(F)ccc1[C@H]1C[C@@H](NC2CC2)CCN1C(=O)N(C)[C@H](C)c1cc(C(F)(F)F)cc(C(F)(F)F)c1.Cl. The molecule has 2 fully saturated rings. The van der Waals surface area contributed by atoms with Crippen molar-refractivity contribution in [1.82, 2.24) is 15.1 Å². The molecular formula is C27H31ClF7N3O. The Labute approximate surface area is 228 Å². The Morgan fingerprint density at radius 3 is 2.08 bits per heavy atom. The lowest BCUT2D eigenvalue weighted by molar-refractivity contribution is -0.143. The van der Waals surface area contributed by atoms with E-state index in [4.69, 9.17) is 0 Å². The molecule has 2 amide bonds. The zero-order chi connectivity index (χ0) is 28.0. The molecule has 0 unspecified atom stereocenters. The summed E-state index contributed by atoms with van der Waals surface area (Å²) in [7, 11) is 1.36. The lowest BCUT2D eigenvalue weighted by atomic mass is 9.89. The third kappa shape index (κ3) is 7.16. The molecule has 2 aliphatic rings. The maximum absolute atomic E-state index is 13.8. The molecule has 12 heteroatoms. The number of rotatable bonds is 5. The molecule has 39 heavy (non-hydrogen) atoms. The fourth-order valence-corrected chi connectivity index (χ4v) is 5.05. The predicted octanol–water partition coefficient (Wildman–Crippen LogP) is 7.66. The summed E-state index contributed by atoms with van der Waals surface area (Å²) >= 11 is 0. The van der Waals surface area contributed by atoms with Crippen LogP contribution in [0.3, 0.4) is 0 Å². The van der Waals surface area contributed by atoms with Gasteiger partial charge in [0.25, 0.3) is 0 Å². The molecule has 1 saturated carbocycles. The lowest BCUT2D eigenvalue weighted by Gasteiger charge is -2.43. The summed E-state index contributed by atoms with van der Waals surface area (Å²) in [5.74, 6) is -0.414. The first-order valence-electron chi connectivity index (χ1n) is 12.5. The second-order valence-corrected chi connectivity index (χ2v) is 10.3. The van der Waals surface area contributed by atoms with Gasteiger partial charge in [-0.3, -0.25) is 0 Å². The van der Waals surface area contributed by atoms with Crippen molar-refractivity contribution in [1.29, 1.82) is 0 Å². The standard InChI is InChI=1S/C27H30F7N3O.ClH/c1-15-10-20(28)4-7-23(15)24-14-22(35-21-5-6-21)8-9-37(24)25(38)36(3)16(2)17-11-18(26(29,30)31)13-19(12-17)27(32,33)34;/h4,7,10-13,16,21-22,24,35H,5-6,8-9,14H2,1-3H3;1H/t16-,22+,24-;/m1./s1. The maximum atomic E-state index is 13.8. The van der Waals surface area contributed by atoms with Crippen molar-refractivity contribution in [2.45, 2.75) is 76.1 Å². The molecule has 1 aliphatic carbocycles. The highest BCUT2D eigenvalue weighted by Crippen LogP contribution is 2.40. The van der Waals surface area contributed by atoms with E-state index in [0.29, 0.717) is 43.1 Å². The molecule has 0 bridgehead atoms. The monoisotopic (exact) mass is 581 g/mol. The minimum absolute atomic E-state index is 0. The molecule has 3 atom stereocenters. The van der Waals surface area contributed by atoms with Crippen LogP contribution in [0.5, 0.6) is 0 Å². The molecule has 0 aromatic heterocycles. The van der Waals surface area contributed by atoms with E-state index >= 15 is 0 Å². The second-order valence-electron chi connectivity index (χ2n) is 10.3. The molecule has 216 valence electrons. The molecule has 2 aromatic carbocycles. The van der Waals surface area contributed by atoms with Crippen molar-refractivity contribution in [2.24, 2.45) is 0 Å². The topological polar surface area (TPSA) is 35.6 Å². The van der Waals surface area contributed by atoms with Gasteiger partial charge in [0.15, 0.2) is 0 Å². The average molecular weight is 582 g/mol. The minimum atomic E-state index is -4.99. The lowest BCUT2D eigenvalue weighted by Crippen LogP contribution is -2.51. The van der Waals surface area contributed by atoms with Crippen molar-refractivity contribution in [3.63, 3.8) is 0 Å². The number of hydrogen-bond donors (Lipinski definition) is 1. The molecule has 4 nitrogen and oxygen atoms in total. The first-order chi connectivity index (χ1) is 17.6. The van der Waals surface area contributed by atoms with E-state index in [1.54, 1.807) is 17.9 Å². The van der Waals surface area contributed by atoms with Crippen LogP contribution in [-0.2, 0) is 12.4 Å². The zero-order valence-electron chi connectivity index (χ0n) is 21.7. The molecule has 0 spiro atoms. The van der Waals surface area contributed by atoms with Gasteiger partial charge in [-0.05, 0) is 86.6 Å². The summed E-state index contributed by atoms with van der Waals surface area (Å²) in [5.41, 5.74) is -1.73. The molecule has 1 heterocycles. The third-order valence-corrected chi connectivity index (χ3v) is 7.46. The minimum Gasteiger partial charge on any atom is -0.321 e. The van der Waals surface area contributed by atoms with E-state index in [2.05, 4.69) is 5.32 Å². The summed E-state index contributed by atoms with van der Waals surface area (Å²) in [6.45, 7) is 3.47. The smallest absolute Gasteiger partial charge is 0.321 e. The van der Waals surface area contributed by atoms with E-state index in [-0.39, 0.29) is 30.1 Å². The van der Waals surface area contributed by atoms with E-state index in [9.17, 15) is 35.5 Å². The van der Waals surface area contributed by atoms with Crippen molar-refractivity contribution >= 4 is 18.4 Å². The molecule has 0 radical (unpaired) electrons.